The normalized spacial score (nSPS) is 16.0. The molecule has 1 aromatic carbocycles. The predicted octanol–water partition coefficient (Wildman–Crippen LogP) is 4.16. The number of rotatable bonds is 7. The first kappa shape index (κ1) is 18.7. The summed E-state index contributed by atoms with van der Waals surface area (Å²) < 4.78 is 16.0. The molecule has 6 heteroatoms. The molecule has 0 saturated heterocycles. The zero-order chi connectivity index (χ0) is 18.5. The maximum Gasteiger partial charge on any atom is 0.265 e. The lowest BCUT2D eigenvalue weighted by Gasteiger charge is -2.16. The molecule has 0 radical (unpaired) electrons. The van der Waals surface area contributed by atoms with Gasteiger partial charge in [0.25, 0.3) is 5.91 Å². The molecule has 140 valence electrons. The standard InChI is InChI=1S/C20H25NO4S/c1-13-4-7-18-14(10-13)11-19(26-18)20(22)21-15-5-6-16(24-3)17(12-15)25-9-8-23-2/h5-6,11-13H,4,7-10H2,1-3H3,(H,21,22)/t13-/m0/s1. The summed E-state index contributed by atoms with van der Waals surface area (Å²) in [6.45, 7) is 3.17. The van der Waals surface area contributed by atoms with Gasteiger partial charge in [-0.3, -0.25) is 4.79 Å². The Kier molecular flexibility index (Phi) is 6.16. The van der Waals surface area contributed by atoms with Gasteiger partial charge in [0, 0.05) is 23.7 Å². The van der Waals surface area contributed by atoms with Crippen LogP contribution in [-0.2, 0) is 17.6 Å². The monoisotopic (exact) mass is 375 g/mol. The molecular weight excluding hydrogens is 350 g/mol. The Bertz CT molecular complexity index is 771. The van der Waals surface area contributed by atoms with E-state index >= 15 is 0 Å². The Hall–Kier alpha value is -2.05. The maximum atomic E-state index is 12.6. The maximum absolute atomic E-state index is 12.6. The highest BCUT2D eigenvalue weighted by Gasteiger charge is 2.21. The number of carbonyl (C=O) groups excluding carboxylic acids is 1. The molecule has 0 fully saturated rings. The van der Waals surface area contributed by atoms with Crippen molar-refractivity contribution in [3.05, 3.63) is 39.6 Å². The number of hydrogen-bond donors (Lipinski definition) is 1. The fourth-order valence-corrected chi connectivity index (χ4v) is 4.22. The van der Waals surface area contributed by atoms with Crippen molar-refractivity contribution >= 4 is 22.9 Å². The van der Waals surface area contributed by atoms with Gasteiger partial charge in [-0.05, 0) is 48.9 Å². The molecule has 0 spiro atoms. The van der Waals surface area contributed by atoms with E-state index in [4.69, 9.17) is 14.2 Å². The number of fused-ring (bicyclic) bond motifs is 1. The molecule has 1 amide bonds. The van der Waals surface area contributed by atoms with Crippen LogP contribution in [0.15, 0.2) is 24.3 Å². The molecule has 2 aromatic rings. The van der Waals surface area contributed by atoms with Crippen molar-refractivity contribution in [2.45, 2.75) is 26.2 Å². The zero-order valence-corrected chi connectivity index (χ0v) is 16.3. The van der Waals surface area contributed by atoms with Crippen LogP contribution in [0, 0.1) is 5.92 Å². The molecule has 1 N–H and O–H groups in total. The SMILES string of the molecule is COCCOc1cc(NC(=O)c2cc3c(s2)CC[C@H](C)C3)ccc1OC. The number of carbonyl (C=O) groups is 1. The van der Waals surface area contributed by atoms with Crippen LogP contribution in [0.25, 0.3) is 0 Å². The summed E-state index contributed by atoms with van der Waals surface area (Å²) in [5, 5.41) is 2.97. The van der Waals surface area contributed by atoms with Crippen molar-refractivity contribution in [2.24, 2.45) is 5.92 Å². The Morgan fingerprint density at radius 3 is 2.85 bits per heavy atom. The lowest BCUT2D eigenvalue weighted by Crippen LogP contribution is -2.11. The Labute approximate surface area is 158 Å². The molecule has 0 bridgehead atoms. The van der Waals surface area contributed by atoms with E-state index in [1.54, 1.807) is 37.7 Å². The molecule has 0 saturated carbocycles. The van der Waals surface area contributed by atoms with E-state index in [1.807, 2.05) is 12.1 Å². The van der Waals surface area contributed by atoms with Crippen LogP contribution in [-0.4, -0.2) is 33.3 Å². The van der Waals surface area contributed by atoms with E-state index in [0.29, 0.717) is 36.3 Å². The minimum atomic E-state index is -0.0786. The van der Waals surface area contributed by atoms with Gasteiger partial charge in [-0.25, -0.2) is 0 Å². The van der Waals surface area contributed by atoms with Crippen LogP contribution in [0.4, 0.5) is 5.69 Å². The van der Waals surface area contributed by atoms with Gasteiger partial charge >= 0.3 is 0 Å². The topological polar surface area (TPSA) is 56.8 Å². The van der Waals surface area contributed by atoms with E-state index < -0.39 is 0 Å². The van der Waals surface area contributed by atoms with E-state index in [9.17, 15) is 4.79 Å². The second kappa shape index (κ2) is 8.56. The van der Waals surface area contributed by atoms with Gasteiger partial charge in [0.05, 0.1) is 18.6 Å². The highest BCUT2D eigenvalue weighted by Crippen LogP contribution is 2.33. The lowest BCUT2D eigenvalue weighted by atomic mass is 9.90. The molecule has 0 unspecified atom stereocenters. The van der Waals surface area contributed by atoms with E-state index in [0.717, 1.165) is 17.7 Å². The molecule has 0 aliphatic heterocycles. The van der Waals surface area contributed by atoms with Gasteiger partial charge in [0.15, 0.2) is 11.5 Å². The number of nitrogens with one attached hydrogen (secondary N) is 1. The summed E-state index contributed by atoms with van der Waals surface area (Å²) in [5.74, 6) is 1.83. The van der Waals surface area contributed by atoms with Crippen LogP contribution in [0.3, 0.4) is 0 Å². The fourth-order valence-electron chi connectivity index (χ4n) is 3.11. The predicted molar refractivity (Wildman–Crippen MR) is 104 cm³/mol. The number of hydrogen-bond acceptors (Lipinski definition) is 5. The molecule has 1 heterocycles. The average molecular weight is 375 g/mol. The third kappa shape index (κ3) is 4.37. The fraction of sp³-hybridized carbons (Fsp3) is 0.450. The van der Waals surface area contributed by atoms with Crippen molar-refractivity contribution in [3.8, 4) is 11.5 Å². The van der Waals surface area contributed by atoms with Crippen molar-refractivity contribution in [2.75, 3.05) is 32.8 Å². The summed E-state index contributed by atoms with van der Waals surface area (Å²) in [7, 11) is 3.21. The van der Waals surface area contributed by atoms with Crippen LogP contribution in [0.1, 0.15) is 33.5 Å². The molecule has 5 nitrogen and oxygen atoms in total. The summed E-state index contributed by atoms with van der Waals surface area (Å²) in [6.07, 6.45) is 3.35. The lowest BCUT2D eigenvalue weighted by molar-refractivity contribution is 0.103. The summed E-state index contributed by atoms with van der Waals surface area (Å²) >= 11 is 1.61. The highest BCUT2D eigenvalue weighted by molar-refractivity contribution is 7.14. The minimum Gasteiger partial charge on any atom is -0.493 e. The van der Waals surface area contributed by atoms with Gasteiger partial charge in [-0.15, -0.1) is 11.3 Å². The third-order valence-electron chi connectivity index (χ3n) is 4.52. The number of anilines is 1. The second-order valence-corrected chi connectivity index (χ2v) is 7.70. The number of ether oxygens (including phenoxy) is 3. The Morgan fingerprint density at radius 2 is 2.08 bits per heavy atom. The van der Waals surface area contributed by atoms with Crippen molar-refractivity contribution in [1.29, 1.82) is 0 Å². The number of aryl methyl sites for hydroxylation is 1. The first-order valence-corrected chi connectivity index (χ1v) is 9.65. The van der Waals surface area contributed by atoms with E-state index in [-0.39, 0.29) is 5.91 Å². The Balaban J connectivity index is 1.71. The van der Waals surface area contributed by atoms with E-state index in [1.165, 1.54) is 16.9 Å². The van der Waals surface area contributed by atoms with Gasteiger partial charge in [0.1, 0.15) is 6.61 Å². The first-order chi connectivity index (χ1) is 12.6. The molecule has 1 aliphatic carbocycles. The molecule has 1 atom stereocenters. The quantitative estimate of drug-likeness (QED) is 0.739. The zero-order valence-electron chi connectivity index (χ0n) is 15.5. The van der Waals surface area contributed by atoms with Crippen LogP contribution in [0.5, 0.6) is 11.5 Å². The van der Waals surface area contributed by atoms with Gasteiger partial charge in [0.2, 0.25) is 0 Å². The van der Waals surface area contributed by atoms with Gasteiger partial charge in [-0.2, -0.15) is 0 Å². The highest BCUT2D eigenvalue weighted by atomic mass is 32.1. The van der Waals surface area contributed by atoms with E-state index in [2.05, 4.69) is 12.2 Å². The number of methoxy groups -OCH3 is 2. The van der Waals surface area contributed by atoms with Crippen LogP contribution >= 0.6 is 11.3 Å². The molecule has 1 aliphatic rings. The van der Waals surface area contributed by atoms with Crippen molar-refractivity contribution in [3.63, 3.8) is 0 Å². The number of amides is 1. The van der Waals surface area contributed by atoms with Crippen molar-refractivity contribution < 1.29 is 19.0 Å². The molecule has 1 aromatic heterocycles. The van der Waals surface area contributed by atoms with Crippen molar-refractivity contribution in [1.82, 2.24) is 0 Å². The molecule has 3 rings (SSSR count). The minimum absolute atomic E-state index is 0.0786. The smallest absolute Gasteiger partial charge is 0.265 e. The largest absolute Gasteiger partial charge is 0.493 e. The van der Waals surface area contributed by atoms with Crippen LogP contribution < -0.4 is 14.8 Å². The molecular formula is C20H25NO4S. The average Bonchev–Trinajstić information content (AvgIpc) is 3.05. The first-order valence-electron chi connectivity index (χ1n) is 8.83. The third-order valence-corrected chi connectivity index (χ3v) is 5.76. The van der Waals surface area contributed by atoms with Crippen LogP contribution in [0.2, 0.25) is 0 Å². The summed E-state index contributed by atoms with van der Waals surface area (Å²) in [6, 6.07) is 7.43. The molecule has 26 heavy (non-hydrogen) atoms. The number of benzene rings is 1. The van der Waals surface area contributed by atoms with Gasteiger partial charge < -0.3 is 19.5 Å². The summed E-state index contributed by atoms with van der Waals surface area (Å²) in [4.78, 5) is 14.8. The van der Waals surface area contributed by atoms with Gasteiger partial charge in [-0.1, -0.05) is 6.92 Å². The summed E-state index contributed by atoms with van der Waals surface area (Å²) in [5.41, 5.74) is 2.01. The second-order valence-electron chi connectivity index (χ2n) is 6.57. The Morgan fingerprint density at radius 1 is 1.23 bits per heavy atom. The number of thiophene rings is 1.